The van der Waals surface area contributed by atoms with E-state index >= 15 is 0 Å². The topological polar surface area (TPSA) is 32.7 Å². The lowest BCUT2D eigenvalue weighted by Crippen LogP contribution is -2.31. The molecule has 0 heterocycles. The van der Waals surface area contributed by atoms with E-state index < -0.39 is 0 Å². The van der Waals surface area contributed by atoms with Gasteiger partial charge in [-0.1, -0.05) is 0 Å². The van der Waals surface area contributed by atoms with Crippen LogP contribution in [0.15, 0.2) is 0 Å². The fraction of sp³-hybridized carbons (Fsp3) is 1.00. The van der Waals surface area contributed by atoms with E-state index in [1.165, 1.54) is 12.8 Å². The van der Waals surface area contributed by atoms with Gasteiger partial charge in [0, 0.05) is 19.7 Å². The molecule has 1 fully saturated rings. The van der Waals surface area contributed by atoms with Gasteiger partial charge in [0.2, 0.25) is 0 Å². The number of methoxy groups -OCH3 is 1. The quantitative estimate of drug-likeness (QED) is 0.641. The van der Waals surface area contributed by atoms with Gasteiger partial charge in [0.1, 0.15) is 0 Å². The van der Waals surface area contributed by atoms with E-state index in [0.29, 0.717) is 0 Å². The lowest BCUT2D eigenvalue weighted by Gasteiger charge is -2.21. The summed E-state index contributed by atoms with van der Waals surface area (Å²) in [6.45, 7) is 4.84. The Morgan fingerprint density at radius 2 is 2.14 bits per heavy atom. The van der Waals surface area contributed by atoms with Crippen molar-refractivity contribution in [3.05, 3.63) is 0 Å². The predicted molar refractivity (Wildman–Crippen MR) is 57.4 cm³/mol. The average molecular weight is 201 g/mol. The van der Waals surface area contributed by atoms with Gasteiger partial charge in [-0.3, -0.25) is 4.90 Å². The molecule has 0 bridgehead atoms. The number of nitrogens with zero attached hydrogens (tertiary/aromatic N) is 1. The molecule has 0 saturated heterocycles. The highest BCUT2D eigenvalue weighted by atomic mass is 16.5. The number of ether oxygens (including phenoxy) is 1. The number of aliphatic hydroxyl groups is 1. The van der Waals surface area contributed by atoms with Crippen molar-refractivity contribution in [2.45, 2.75) is 44.8 Å². The first kappa shape index (κ1) is 12.0. The fourth-order valence-electron chi connectivity index (χ4n) is 1.71. The Kier molecular flexibility index (Phi) is 5.45. The smallest absolute Gasteiger partial charge is 0.0589 e. The maximum Gasteiger partial charge on any atom is 0.0589 e. The van der Waals surface area contributed by atoms with Crippen LogP contribution in [0, 0.1) is 0 Å². The normalized spacial score (nSPS) is 18.9. The Bertz CT molecular complexity index is 146. The van der Waals surface area contributed by atoms with Crippen LogP contribution in [0.2, 0.25) is 0 Å². The fourth-order valence-corrected chi connectivity index (χ4v) is 1.71. The molecule has 0 aromatic carbocycles. The number of hydrogen-bond acceptors (Lipinski definition) is 3. The molecule has 3 heteroatoms. The highest BCUT2D eigenvalue weighted by Crippen LogP contribution is 2.26. The van der Waals surface area contributed by atoms with Crippen LogP contribution in [0.5, 0.6) is 0 Å². The van der Waals surface area contributed by atoms with Crippen LogP contribution < -0.4 is 0 Å². The zero-order chi connectivity index (χ0) is 10.4. The second-order valence-electron chi connectivity index (χ2n) is 4.25. The second-order valence-corrected chi connectivity index (χ2v) is 4.25. The molecule has 1 aliphatic carbocycles. The van der Waals surface area contributed by atoms with Gasteiger partial charge in [0.15, 0.2) is 0 Å². The molecular weight excluding hydrogens is 178 g/mol. The number of aliphatic hydroxyl groups excluding tert-OH is 1. The summed E-state index contributed by atoms with van der Waals surface area (Å²) in [7, 11) is 1.75. The van der Waals surface area contributed by atoms with E-state index in [4.69, 9.17) is 9.84 Å². The SMILES string of the molecule is COCCN(CCCC(C)O)C1CC1. The van der Waals surface area contributed by atoms with Crippen molar-refractivity contribution in [2.24, 2.45) is 0 Å². The highest BCUT2D eigenvalue weighted by molar-refractivity contribution is 4.84. The molecule has 1 N–H and O–H groups in total. The van der Waals surface area contributed by atoms with E-state index in [1.54, 1.807) is 7.11 Å². The minimum Gasteiger partial charge on any atom is -0.393 e. The van der Waals surface area contributed by atoms with Crippen LogP contribution in [-0.2, 0) is 4.74 Å². The van der Waals surface area contributed by atoms with Gasteiger partial charge in [-0.25, -0.2) is 0 Å². The third-order valence-electron chi connectivity index (χ3n) is 2.71. The van der Waals surface area contributed by atoms with Crippen molar-refractivity contribution in [3.8, 4) is 0 Å². The molecule has 3 nitrogen and oxygen atoms in total. The summed E-state index contributed by atoms with van der Waals surface area (Å²) in [5, 5.41) is 9.15. The maximum absolute atomic E-state index is 9.15. The van der Waals surface area contributed by atoms with Crippen molar-refractivity contribution >= 4 is 0 Å². The molecule has 1 saturated carbocycles. The molecule has 0 spiro atoms. The van der Waals surface area contributed by atoms with Crippen molar-refractivity contribution < 1.29 is 9.84 Å². The van der Waals surface area contributed by atoms with E-state index in [2.05, 4.69) is 4.90 Å². The summed E-state index contributed by atoms with van der Waals surface area (Å²) in [4.78, 5) is 2.49. The zero-order valence-corrected chi connectivity index (χ0v) is 9.41. The zero-order valence-electron chi connectivity index (χ0n) is 9.41. The van der Waals surface area contributed by atoms with Crippen LogP contribution >= 0.6 is 0 Å². The second kappa shape index (κ2) is 6.38. The average Bonchev–Trinajstić information content (AvgIpc) is 2.93. The number of hydrogen-bond donors (Lipinski definition) is 1. The molecular formula is C11H23NO2. The maximum atomic E-state index is 9.15. The Morgan fingerprint density at radius 1 is 1.43 bits per heavy atom. The molecule has 1 atom stereocenters. The summed E-state index contributed by atoms with van der Waals surface area (Å²) < 4.78 is 5.09. The van der Waals surface area contributed by atoms with Gasteiger partial charge >= 0.3 is 0 Å². The molecule has 0 aliphatic heterocycles. The standard InChI is InChI=1S/C11H23NO2/c1-10(13)4-3-7-12(8-9-14-2)11-5-6-11/h10-11,13H,3-9H2,1-2H3. The monoisotopic (exact) mass is 201 g/mol. The Morgan fingerprint density at radius 3 is 2.64 bits per heavy atom. The van der Waals surface area contributed by atoms with Gasteiger partial charge in [-0.05, 0) is 39.2 Å². The van der Waals surface area contributed by atoms with Gasteiger partial charge in [0.05, 0.1) is 12.7 Å². The first-order valence-electron chi connectivity index (χ1n) is 5.65. The van der Waals surface area contributed by atoms with Gasteiger partial charge in [-0.15, -0.1) is 0 Å². The first-order valence-corrected chi connectivity index (χ1v) is 5.65. The van der Waals surface area contributed by atoms with Crippen LogP contribution in [0.25, 0.3) is 0 Å². The van der Waals surface area contributed by atoms with Crippen LogP contribution in [0.1, 0.15) is 32.6 Å². The first-order chi connectivity index (χ1) is 6.74. The molecule has 1 rings (SSSR count). The van der Waals surface area contributed by atoms with E-state index in [0.717, 1.165) is 38.6 Å². The van der Waals surface area contributed by atoms with E-state index in [-0.39, 0.29) is 6.10 Å². The van der Waals surface area contributed by atoms with E-state index in [1.807, 2.05) is 6.92 Å². The molecule has 0 amide bonds. The molecule has 1 unspecified atom stereocenters. The Hall–Kier alpha value is -0.120. The highest BCUT2D eigenvalue weighted by Gasteiger charge is 2.27. The summed E-state index contributed by atoms with van der Waals surface area (Å²) in [6.07, 6.45) is 4.55. The minimum atomic E-state index is -0.154. The van der Waals surface area contributed by atoms with Crippen molar-refractivity contribution in [3.63, 3.8) is 0 Å². The lowest BCUT2D eigenvalue weighted by molar-refractivity contribution is 0.133. The molecule has 84 valence electrons. The molecule has 0 radical (unpaired) electrons. The molecule has 14 heavy (non-hydrogen) atoms. The Labute approximate surface area is 87.1 Å². The molecule has 0 aromatic heterocycles. The molecule has 0 aromatic rings. The summed E-state index contributed by atoms with van der Waals surface area (Å²) in [5.41, 5.74) is 0. The van der Waals surface area contributed by atoms with Gasteiger partial charge < -0.3 is 9.84 Å². The van der Waals surface area contributed by atoms with Crippen LogP contribution in [-0.4, -0.2) is 49.0 Å². The van der Waals surface area contributed by atoms with E-state index in [9.17, 15) is 0 Å². The van der Waals surface area contributed by atoms with Crippen LogP contribution in [0.3, 0.4) is 0 Å². The van der Waals surface area contributed by atoms with Gasteiger partial charge in [0.25, 0.3) is 0 Å². The largest absolute Gasteiger partial charge is 0.393 e. The summed E-state index contributed by atoms with van der Waals surface area (Å²) in [5.74, 6) is 0. The molecule has 1 aliphatic rings. The van der Waals surface area contributed by atoms with Crippen molar-refractivity contribution in [1.29, 1.82) is 0 Å². The third kappa shape index (κ3) is 4.94. The van der Waals surface area contributed by atoms with Crippen LogP contribution in [0.4, 0.5) is 0 Å². The number of rotatable bonds is 8. The van der Waals surface area contributed by atoms with Gasteiger partial charge in [-0.2, -0.15) is 0 Å². The third-order valence-corrected chi connectivity index (χ3v) is 2.71. The van der Waals surface area contributed by atoms with Crippen molar-refractivity contribution in [1.82, 2.24) is 4.90 Å². The summed E-state index contributed by atoms with van der Waals surface area (Å²) in [6, 6.07) is 0.805. The lowest BCUT2D eigenvalue weighted by atomic mass is 10.2. The summed E-state index contributed by atoms with van der Waals surface area (Å²) >= 11 is 0. The Balaban J connectivity index is 2.08. The predicted octanol–water partition coefficient (Wildman–Crippen LogP) is 1.26. The van der Waals surface area contributed by atoms with Crippen molar-refractivity contribution in [2.75, 3.05) is 26.8 Å². The minimum absolute atomic E-state index is 0.154.